The van der Waals surface area contributed by atoms with E-state index in [-0.39, 0.29) is 0 Å². The minimum Gasteiger partial charge on any atom is -0.490 e. The molecule has 0 aliphatic heterocycles. The van der Waals surface area contributed by atoms with Gasteiger partial charge in [0.15, 0.2) is 16.7 Å². The predicted molar refractivity (Wildman–Crippen MR) is 75.2 cm³/mol. The van der Waals surface area contributed by atoms with E-state index >= 15 is 0 Å². The summed E-state index contributed by atoms with van der Waals surface area (Å²) in [6.07, 6.45) is 1.44. The highest BCUT2D eigenvalue weighted by atomic mass is 35.5. The van der Waals surface area contributed by atoms with E-state index in [2.05, 4.69) is 43.0 Å². The van der Waals surface area contributed by atoms with Gasteiger partial charge in [0.1, 0.15) is 6.33 Å². The first kappa shape index (κ1) is 15.0. The molecule has 1 N–H and O–H groups in total. The van der Waals surface area contributed by atoms with E-state index in [1.165, 1.54) is 6.33 Å². The molecule has 5 heteroatoms. The summed E-state index contributed by atoms with van der Waals surface area (Å²) >= 11 is 5.95. The molecule has 0 unspecified atom stereocenters. The lowest BCUT2D eigenvalue weighted by atomic mass is 9.85. The van der Waals surface area contributed by atoms with E-state index in [1.54, 1.807) is 7.11 Å². The molecule has 0 saturated heterocycles. The highest BCUT2D eigenvalue weighted by Gasteiger charge is 2.18. The summed E-state index contributed by atoms with van der Waals surface area (Å²) in [5, 5.41) is 3.64. The molecule has 0 fully saturated rings. The molecule has 0 bridgehead atoms. The summed E-state index contributed by atoms with van der Waals surface area (Å²) in [6.45, 7) is 9.78. The van der Waals surface area contributed by atoms with Gasteiger partial charge in [-0.25, -0.2) is 9.97 Å². The van der Waals surface area contributed by atoms with Crippen molar-refractivity contribution in [1.82, 2.24) is 9.97 Å². The topological polar surface area (TPSA) is 47.0 Å². The minimum absolute atomic E-state index is 0.334. The fraction of sp³-hybridized carbons (Fsp3) is 0.692. The second-order valence-electron chi connectivity index (χ2n) is 5.08. The van der Waals surface area contributed by atoms with Gasteiger partial charge in [-0.3, -0.25) is 0 Å². The SMILES string of the molecule is COc1c(Cl)ncnc1NCC(C(C)C)C(C)C. The first-order valence-electron chi connectivity index (χ1n) is 6.25. The Labute approximate surface area is 114 Å². The molecule has 18 heavy (non-hydrogen) atoms. The van der Waals surface area contributed by atoms with Crippen molar-refractivity contribution in [2.24, 2.45) is 17.8 Å². The van der Waals surface area contributed by atoms with E-state index < -0.39 is 0 Å². The maximum atomic E-state index is 5.95. The molecule has 4 nitrogen and oxygen atoms in total. The maximum Gasteiger partial charge on any atom is 0.198 e. The number of nitrogens with one attached hydrogen (secondary N) is 1. The van der Waals surface area contributed by atoms with E-state index in [9.17, 15) is 0 Å². The number of ether oxygens (including phenoxy) is 1. The summed E-state index contributed by atoms with van der Waals surface area (Å²) in [6, 6.07) is 0. The quantitative estimate of drug-likeness (QED) is 0.805. The third-order valence-corrected chi connectivity index (χ3v) is 3.45. The number of hydrogen-bond donors (Lipinski definition) is 1. The fourth-order valence-electron chi connectivity index (χ4n) is 2.11. The van der Waals surface area contributed by atoms with Crippen molar-refractivity contribution in [3.05, 3.63) is 11.5 Å². The molecular formula is C13H22ClN3O. The standard InChI is InChI=1S/C13H22ClN3O/c1-8(2)10(9(3)4)6-15-13-11(18-5)12(14)16-7-17-13/h7-10H,6H2,1-5H3,(H,15,16,17). The van der Waals surface area contributed by atoms with Gasteiger partial charge in [-0.05, 0) is 17.8 Å². The largest absolute Gasteiger partial charge is 0.490 e. The van der Waals surface area contributed by atoms with Crippen molar-refractivity contribution >= 4 is 17.4 Å². The van der Waals surface area contributed by atoms with Gasteiger partial charge in [0.05, 0.1) is 7.11 Å². The lowest BCUT2D eigenvalue weighted by molar-refractivity contribution is 0.303. The van der Waals surface area contributed by atoms with Gasteiger partial charge in [-0.1, -0.05) is 39.3 Å². The minimum atomic E-state index is 0.334. The summed E-state index contributed by atoms with van der Waals surface area (Å²) in [5.41, 5.74) is 0. The van der Waals surface area contributed by atoms with Crippen LogP contribution in [0.1, 0.15) is 27.7 Å². The first-order chi connectivity index (χ1) is 8.47. The van der Waals surface area contributed by atoms with Crippen LogP contribution in [0.25, 0.3) is 0 Å². The number of hydrogen-bond acceptors (Lipinski definition) is 4. The van der Waals surface area contributed by atoms with Crippen LogP contribution in [-0.4, -0.2) is 23.6 Å². The van der Waals surface area contributed by atoms with Gasteiger partial charge in [0.2, 0.25) is 0 Å². The lowest BCUT2D eigenvalue weighted by Crippen LogP contribution is -2.25. The smallest absolute Gasteiger partial charge is 0.198 e. The lowest BCUT2D eigenvalue weighted by Gasteiger charge is -2.25. The van der Waals surface area contributed by atoms with Gasteiger partial charge < -0.3 is 10.1 Å². The number of anilines is 1. The second-order valence-corrected chi connectivity index (χ2v) is 5.44. The normalized spacial score (nSPS) is 11.4. The zero-order chi connectivity index (χ0) is 13.7. The van der Waals surface area contributed by atoms with Crippen LogP contribution in [-0.2, 0) is 0 Å². The van der Waals surface area contributed by atoms with Gasteiger partial charge in [-0.2, -0.15) is 0 Å². The molecule has 0 radical (unpaired) electrons. The maximum absolute atomic E-state index is 5.95. The molecule has 0 aromatic carbocycles. The van der Waals surface area contributed by atoms with Crippen molar-refractivity contribution in [1.29, 1.82) is 0 Å². The predicted octanol–water partition coefficient (Wildman–Crippen LogP) is 3.48. The number of nitrogens with zero attached hydrogens (tertiary/aromatic N) is 2. The van der Waals surface area contributed by atoms with E-state index in [0.717, 1.165) is 6.54 Å². The monoisotopic (exact) mass is 271 g/mol. The van der Waals surface area contributed by atoms with Crippen LogP contribution >= 0.6 is 11.6 Å². The fourth-order valence-corrected chi connectivity index (χ4v) is 2.33. The summed E-state index contributed by atoms with van der Waals surface area (Å²) in [5.74, 6) is 2.96. The zero-order valence-electron chi connectivity index (χ0n) is 11.7. The Balaban J connectivity index is 2.76. The van der Waals surface area contributed by atoms with Gasteiger partial charge in [-0.15, -0.1) is 0 Å². The van der Waals surface area contributed by atoms with Crippen LogP contribution in [0.5, 0.6) is 5.75 Å². The number of rotatable bonds is 6. The first-order valence-corrected chi connectivity index (χ1v) is 6.63. The Kier molecular flexibility index (Phi) is 5.66. The van der Waals surface area contributed by atoms with Gasteiger partial charge >= 0.3 is 0 Å². The Morgan fingerprint density at radius 3 is 2.33 bits per heavy atom. The average molecular weight is 272 g/mol. The van der Waals surface area contributed by atoms with Crippen molar-refractivity contribution in [2.45, 2.75) is 27.7 Å². The molecule has 0 atom stereocenters. The van der Waals surface area contributed by atoms with E-state index in [1.807, 2.05) is 0 Å². The molecule has 0 aliphatic rings. The van der Waals surface area contributed by atoms with Crippen molar-refractivity contribution in [3.8, 4) is 5.75 Å². The summed E-state index contributed by atoms with van der Waals surface area (Å²) in [7, 11) is 1.57. The molecule has 1 rings (SSSR count). The number of aromatic nitrogens is 2. The molecule has 0 saturated carbocycles. The van der Waals surface area contributed by atoms with Crippen LogP contribution in [0.2, 0.25) is 5.15 Å². The summed E-state index contributed by atoms with van der Waals surface area (Å²) in [4.78, 5) is 8.07. The zero-order valence-corrected chi connectivity index (χ0v) is 12.5. The van der Waals surface area contributed by atoms with Crippen molar-refractivity contribution in [3.63, 3.8) is 0 Å². The van der Waals surface area contributed by atoms with Crippen LogP contribution < -0.4 is 10.1 Å². The Morgan fingerprint density at radius 2 is 1.83 bits per heavy atom. The Morgan fingerprint density at radius 1 is 1.22 bits per heavy atom. The van der Waals surface area contributed by atoms with Gasteiger partial charge in [0.25, 0.3) is 0 Å². The second kappa shape index (κ2) is 6.78. The Bertz CT molecular complexity index is 374. The Hall–Kier alpha value is -1.03. The molecule has 1 aromatic heterocycles. The molecule has 102 valence electrons. The molecule has 0 spiro atoms. The molecule has 1 aromatic rings. The van der Waals surface area contributed by atoms with Crippen molar-refractivity contribution in [2.75, 3.05) is 19.0 Å². The highest BCUT2D eigenvalue weighted by molar-refractivity contribution is 6.31. The molecular weight excluding hydrogens is 250 g/mol. The van der Waals surface area contributed by atoms with Gasteiger partial charge in [0, 0.05) is 6.54 Å². The highest BCUT2D eigenvalue weighted by Crippen LogP contribution is 2.29. The van der Waals surface area contributed by atoms with Crippen LogP contribution in [0.15, 0.2) is 6.33 Å². The number of halogens is 1. The average Bonchev–Trinajstić information content (AvgIpc) is 2.28. The molecule has 1 heterocycles. The third-order valence-electron chi connectivity index (χ3n) is 3.18. The third kappa shape index (κ3) is 3.73. The molecule has 0 aliphatic carbocycles. The van der Waals surface area contributed by atoms with Crippen LogP contribution in [0.4, 0.5) is 5.82 Å². The van der Waals surface area contributed by atoms with Crippen LogP contribution in [0, 0.1) is 17.8 Å². The van der Waals surface area contributed by atoms with E-state index in [0.29, 0.717) is 34.5 Å². The van der Waals surface area contributed by atoms with E-state index in [4.69, 9.17) is 16.3 Å². The van der Waals surface area contributed by atoms with Crippen LogP contribution in [0.3, 0.4) is 0 Å². The number of methoxy groups -OCH3 is 1. The molecule has 0 amide bonds. The summed E-state index contributed by atoms with van der Waals surface area (Å²) < 4.78 is 5.21. The van der Waals surface area contributed by atoms with Crippen molar-refractivity contribution < 1.29 is 4.74 Å².